The first-order chi connectivity index (χ1) is 17.6. The van der Waals surface area contributed by atoms with Crippen molar-refractivity contribution in [1.82, 2.24) is 19.9 Å². The van der Waals surface area contributed by atoms with Gasteiger partial charge < -0.3 is 10.4 Å². The first-order valence-electron chi connectivity index (χ1n) is 10.6. The SMILES string of the molecule is O=C(NC(C(F)(F)F)C(F)(F)F)c1cn(-c2ncc(F)cc2F)c2nc(C3C[C@@H](O)CC3=O)ccc2c1=O. The van der Waals surface area contributed by atoms with Crippen molar-refractivity contribution in [1.29, 1.82) is 0 Å². The number of rotatable bonds is 4. The van der Waals surface area contributed by atoms with E-state index in [9.17, 15) is 54.6 Å². The molecule has 0 saturated heterocycles. The highest BCUT2D eigenvalue weighted by Gasteiger charge is 2.57. The maximum absolute atomic E-state index is 14.6. The Morgan fingerprint density at radius 1 is 1.11 bits per heavy atom. The number of ketones is 1. The number of hydrogen-bond acceptors (Lipinski definition) is 6. The summed E-state index contributed by atoms with van der Waals surface area (Å²) in [5.74, 6) is -6.78. The van der Waals surface area contributed by atoms with Crippen molar-refractivity contribution in [3.8, 4) is 5.82 Å². The Morgan fingerprint density at radius 3 is 2.32 bits per heavy atom. The molecule has 2 atom stereocenters. The van der Waals surface area contributed by atoms with Gasteiger partial charge in [0.2, 0.25) is 11.5 Å². The van der Waals surface area contributed by atoms with E-state index < -0.39 is 81.6 Å². The Bertz CT molecular complexity index is 1490. The summed E-state index contributed by atoms with van der Waals surface area (Å²) in [5, 5.41) is 9.92. The first kappa shape index (κ1) is 27.1. The van der Waals surface area contributed by atoms with Gasteiger partial charge in [-0.05, 0) is 18.6 Å². The van der Waals surface area contributed by atoms with Crippen LogP contribution in [0.4, 0.5) is 35.1 Å². The zero-order valence-corrected chi connectivity index (χ0v) is 18.6. The predicted octanol–water partition coefficient (Wildman–Crippen LogP) is 3.09. The largest absolute Gasteiger partial charge is 0.417 e. The number of Topliss-reactive ketones (excluding diaryl/α,β-unsaturated/α-hetero) is 1. The van der Waals surface area contributed by atoms with Crippen LogP contribution in [0.3, 0.4) is 0 Å². The van der Waals surface area contributed by atoms with E-state index in [-0.39, 0.29) is 18.5 Å². The fraction of sp³-hybridized carbons (Fsp3) is 0.318. The highest BCUT2D eigenvalue weighted by molar-refractivity contribution is 5.97. The number of amides is 1. The van der Waals surface area contributed by atoms with Crippen LogP contribution in [-0.2, 0) is 4.79 Å². The lowest BCUT2D eigenvalue weighted by Gasteiger charge is -2.24. The quantitative estimate of drug-likeness (QED) is 0.483. The van der Waals surface area contributed by atoms with Crippen LogP contribution in [0.5, 0.6) is 0 Å². The Labute approximate surface area is 205 Å². The second kappa shape index (κ2) is 9.41. The topological polar surface area (TPSA) is 114 Å². The Morgan fingerprint density at radius 2 is 1.76 bits per heavy atom. The molecule has 202 valence electrons. The van der Waals surface area contributed by atoms with Crippen LogP contribution in [0.25, 0.3) is 16.9 Å². The van der Waals surface area contributed by atoms with Crippen molar-refractivity contribution in [2.24, 2.45) is 0 Å². The van der Waals surface area contributed by atoms with Gasteiger partial charge in [-0.2, -0.15) is 26.3 Å². The second-order valence-electron chi connectivity index (χ2n) is 8.41. The fourth-order valence-corrected chi connectivity index (χ4v) is 4.02. The summed E-state index contributed by atoms with van der Waals surface area (Å²) >= 11 is 0. The Balaban J connectivity index is 1.93. The molecule has 38 heavy (non-hydrogen) atoms. The summed E-state index contributed by atoms with van der Waals surface area (Å²) in [6.07, 6.45) is -12.2. The first-order valence-corrected chi connectivity index (χ1v) is 10.6. The van der Waals surface area contributed by atoms with E-state index >= 15 is 0 Å². The van der Waals surface area contributed by atoms with Crippen molar-refractivity contribution >= 4 is 22.7 Å². The van der Waals surface area contributed by atoms with Crippen LogP contribution < -0.4 is 10.7 Å². The molecule has 1 fully saturated rings. The molecule has 16 heteroatoms. The molecule has 1 amide bonds. The van der Waals surface area contributed by atoms with E-state index in [0.29, 0.717) is 23.0 Å². The van der Waals surface area contributed by atoms with Gasteiger partial charge in [0.1, 0.15) is 22.8 Å². The lowest BCUT2D eigenvalue weighted by Crippen LogP contribution is -2.55. The minimum absolute atomic E-state index is 0.00104. The van der Waals surface area contributed by atoms with Crippen molar-refractivity contribution in [2.75, 3.05) is 0 Å². The molecule has 0 aromatic carbocycles. The molecule has 3 aromatic heterocycles. The number of halogens is 8. The molecule has 4 rings (SSSR count). The summed E-state index contributed by atoms with van der Waals surface area (Å²) in [6, 6.07) is -1.86. The Kier molecular flexibility index (Phi) is 6.71. The zero-order chi connectivity index (χ0) is 28.2. The molecule has 0 bridgehead atoms. The normalized spacial score (nSPS) is 18.4. The van der Waals surface area contributed by atoms with Gasteiger partial charge in [-0.25, -0.2) is 18.7 Å². The molecule has 0 spiro atoms. The van der Waals surface area contributed by atoms with Gasteiger partial charge in [0, 0.05) is 18.7 Å². The summed E-state index contributed by atoms with van der Waals surface area (Å²) in [7, 11) is 0. The number of carbonyl (C=O) groups excluding carboxylic acids is 2. The van der Waals surface area contributed by atoms with Gasteiger partial charge in [0.25, 0.3) is 5.91 Å². The number of carbonyl (C=O) groups is 2. The molecule has 3 aromatic rings. The number of aromatic nitrogens is 3. The van der Waals surface area contributed by atoms with E-state index in [1.807, 2.05) is 0 Å². The minimum Gasteiger partial charge on any atom is -0.393 e. The number of aliphatic hydroxyl groups is 1. The van der Waals surface area contributed by atoms with Gasteiger partial charge in [-0.1, -0.05) is 0 Å². The third kappa shape index (κ3) is 5.07. The van der Waals surface area contributed by atoms with Crippen LogP contribution in [0.15, 0.2) is 35.4 Å². The van der Waals surface area contributed by atoms with Crippen LogP contribution in [0, 0.1) is 11.6 Å². The maximum atomic E-state index is 14.6. The fourth-order valence-electron chi connectivity index (χ4n) is 4.02. The highest BCUT2D eigenvalue weighted by Crippen LogP contribution is 2.34. The molecule has 3 heterocycles. The molecule has 0 radical (unpaired) electrons. The second-order valence-corrected chi connectivity index (χ2v) is 8.41. The minimum atomic E-state index is -5.97. The number of hydrogen-bond donors (Lipinski definition) is 2. The average Bonchev–Trinajstić information content (AvgIpc) is 3.14. The highest BCUT2D eigenvalue weighted by atomic mass is 19.4. The smallest absolute Gasteiger partial charge is 0.393 e. The van der Waals surface area contributed by atoms with Crippen molar-refractivity contribution < 1.29 is 49.8 Å². The lowest BCUT2D eigenvalue weighted by molar-refractivity contribution is -0.255. The number of pyridine rings is 3. The number of nitrogens with zero attached hydrogens (tertiary/aromatic N) is 3. The van der Waals surface area contributed by atoms with Crippen LogP contribution in [0.2, 0.25) is 0 Å². The van der Waals surface area contributed by atoms with E-state index in [4.69, 9.17) is 0 Å². The monoisotopic (exact) mass is 550 g/mol. The molecule has 1 unspecified atom stereocenters. The summed E-state index contributed by atoms with van der Waals surface area (Å²) in [5.41, 5.74) is -3.11. The number of nitrogens with one attached hydrogen (secondary N) is 1. The Hall–Kier alpha value is -3.95. The van der Waals surface area contributed by atoms with Crippen molar-refractivity contribution in [2.45, 2.75) is 43.3 Å². The third-order valence-corrected chi connectivity index (χ3v) is 5.75. The van der Waals surface area contributed by atoms with Crippen LogP contribution in [0.1, 0.15) is 34.8 Å². The molecule has 8 nitrogen and oxygen atoms in total. The van der Waals surface area contributed by atoms with Crippen molar-refractivity contribution in [3.05, 3.63) is 63.7 Å². The third-order valence-electron chi connectivity index (χ3n) is 5.75. The van der Waals surface area contributed by atoms with Gasteiger partial charge in [-0.15, -0.1) is 0 Å². The zero-order valence-electron chi connectivity index (χ0n) is 18.6. The lowest BCUT2D eigenvalue weighted by atomic mass is 10.0. The summed E-state index contributed by atoms with van der Waals surface area (Å²) in [6.45, 7) is 0. The molecule has 0 aliphatic heterocycles. The van der Waals surface area contributed by atoms with Gasteiger partial charge >= 0.3 is 12.4 Å². The van der Waals surface area contributed by atoms with E-state index in [1.165, 1.54) is 0 Å². The average molecular weight is 550 g/mol. The van der Waals surface area contributed by atoms with Crippen LogP contribution in [-0.4, -0.2) is 55.8 Å². The number of alkyl halides is 6. The molecule has 1 aliphatic rings. The molecular weight excluding hydrogens is 536 g/mol. The number of aliphatic hydroxyl groups excluding tert-OH is 1. The van der Waals surface area contributed by atoms with Gasteiger partial charge in [-0.3, -0.25) is 19.0 Å². The molecule has 1 saturated carbocycles. The summed E-state index contributed by atoms with van der Waals surface area (Å²) < 4.78 is 106. The van der Waals surface area contributed by atoms with E-state index in [2.05, 4.69) is 9.97 Å². The van der Waals surface area contributed by atoms with E-state index in [1.54, 1.807) is 0 Å². The molecule has 1 aliphatic carbocycles. The van der Waals surface area contributed by atoms with Gasteiger partial charge in [0.05, 0.1) is 29.3 Å². The molecule has 2 N–H and O–H groups in total. The van der Waals surface area contributed by atoms with Crippen molar-refractivity contribution in [3.63, 3.8) is 0 Å². The molecular formula is C22H14F8N4O4. The maximum Gasteiger partial charge on any atom is 0.417 e. The summed E-state index contributed by atoms with van der Waals surface area (Å²) in [4.78, 5) is 45.3. The number of fused-ring (bicyclic) bond motifs is 1. The predicted molar refractivity (Wildman–Crippen MR) is 111 cm³/mol. The standard InChI is InChI=1S/C22H14F8N4O4/c23-8-3-13(24)18(31-6-8)34-7-12(19(38)33-20(21(25,26)27)22(28,29)30)16(37)10-1-2-14(32-17(10)34)11-4-9(35)5-15(11)36/h1-3,6-7,9,11,20,35H,4-5H2,(H,33,38)/t9-,11?/m1/s1. The van der Waals surface area contributed by atoms with E-state index in [0.717, 1.165) is 17.4 Å². The van der Waals surface area contributed by atoms with Gasteiger partial charge in [0.15, 0.2) is 11.6 Å². The van der Waals surface area contributed by atoms with Crippen LogP contribution >= 0.6 is 0 Å².